The third kappa shape index (κ3) is 10.8. The van der Waals surface area contributed by atoms with Crippen LogP contribution >= 0.6 is 0 Å². The maximum Gasteiger partial charge on any atom is 1.00 e. The van der Waals surface area contributed by atoms with Crippen molar-refractivity contribution < 1.29 is 55.5 Å². The van der Waals surface area contributed by atoms with Crippen molar-refractivity contribution >= 4 is 11.9 Å². The van der Waals surface area contributed by atoms with Crippen molar-refractivity contribution in [1.29, 1.82) is 0 Å². The van der Waals surface area contributed by atoms with Crippen LogP contribution in [-0.2, 0) is 4.74 Å². The fourth-order valence-electron chi connectivity index (χ4n) is 1.45. The van der Waals surface area contributed by atoms with Gasteiger partial charge in [-0.25, -0.2) is 9.59 Å². The van der Waals surface area contributed by atoms with Gasteiger partial charge in [0.15, 0.2) is 0 Å². The molecule has 0 atom stereocenters. The fraction of sp³-hybridized carbons (Fsp3) is 0.500. The Morgan fingerprint density at radius 3 is 1.59 bits per heavy atom. The second-order valence-corrected chi connectivity index (χ2v) is 4.48. The van der Waals surface area contributed by atoms with Crippen molar-refractivity contribution in [3.8, 4) is 0 Å². The van der Waals surface area contributed by atoms with Crippen molar-refractivity contribution in [2.75, 3.05) is 13.2 Å². The number of unbranched alkanes of at least 4 members (excludes halogenated alkanes) is 2. The van der Waals surface area contributed by atoms with E-state index in [2.05, 4.69) is 13.8 Å². The minimum atomic E-state index is -1.23. The van der Waals surface area contributed by atoms with Crippen LogP contribution in [0.15, 0.2) is 24.3 Å². The Morgan fingerprint density at radius 2 is 1.32 bits per heavy atom. The molecule has 2 N–H and O–H groups in total. The normalized spacial score (nSPS) is 9.18. The maximum absolute atomic E-state index is 10.5. The number of ether oxygens (including phenoxy) is 1. The first-order chi connectivity index (χ1) is 10.0. The van der Waals surface area contributed by atoms with Gasteiger partial charge in [-0.2, -0.15) is 0 Å². The van der Waals surface area contributed by atoms with Gasteiger partial charge in [-0.3, -0.25) is 0 Å². The molecule has 5 nitrogen and oxygen atoms in total. The van der Waals surface area contributed by atoms with Crippen LogP contribution in [0.25, 0.3) is 0 Å². The van der Waals surface area contributed by atoms with Crippen LogP contribution in [0, 0.1) is 0 Å². The van der Waals surface area contributed by atoms with E-state index in [-0.39, 0.29) is 42.1 Å². The topological polar surface area (TPSA) is 83.8 Å². The molecular formula is C16H25NaO5. The number of carboxylic acid groups (broad SMARTS) is 2. The van der Waals surface area contributed by atoms with Crippen LogP contribution in [0.2, 0.25) is 0 Å². The van der Waals surface area contributed by atoms with Gasteiger partial charge in [-0.05, 0) is 25.0 Å². The van der Waals surface area contributed by atoms with E-state index < -0.39 is 11.9 Å². The molecule has 1 aromatic rings. The Kier molecular flexibility index (Phi) is 16.0. The fourth-order valence-corrected chi connectivity index (χ4v) is 1.45. The van der Waals surface area contributed by atoms with Gasteiger partial charge in [0, 0.05) is 13.2 Å². The van der Waals surface area contributed by atoms with Gasteiger partial charge in [-0.15, -0.1) is 0 Å². The van der Waals surface area contributed by atoms with Crippen molar-refractivity contribution in [2.24, 2.45) is 0 Å². The standard InChI is InChI=1S/C8H6O4.C8H18O.Na.H/c9-7(10)5-3-1-2-4-6(5)8(11)12;1-3-5-7-9-8-6-4-2;;/h1-4H,(H,9,10)(H,11,12);3-8H2,1-2H3;;/q;;+1;-1. The first kappa shape index (κ1) is 23.4. The van der Waals surface area contributed by atoms with Crippen molar-refractivity contribution in [3.05, 3.63) is 35.4 Å². The van der Waals surface area contributed by atoms with Crippen LogP contribution in [0.1, 0.15) is 61.7 Å². The number of carbonyl (C=O) groups is 2. The molecular weight excluding hydrogens is 295 g/mol. The zero-order valence-corrected chi connectivity index (χ0v) is 15.7. The average Bonchev–Trinajstić information content (AvgIpc) is 2.48. The average molecular weight is 320 g/mol. The molecule has 0 amide bonds. The smallest absolute Gasteiger partial charge is 1.00 e. The molecule has 0 spiro atoms. The van der Waals surface area contributed by atoms with Gasteiger partial charge in [0.2, 0.25) is 0 Å². The molecule has 0 radical (unpaired) electrons. The van der Waals surface area contributed by atoms with E-state index in [9.17, 15) is 9.59 Å². The van der Waals surface area contributed by atoms with E-state index >= 15 is 0 Å². The summed E-state index contributed by atoms with van der Waals surface area (Å²) >= 11 is 0. The summed E-state index contributed by atoms with van der Waals surface area (Å²) in [5, 5.41) is 17.1. The van der Waals surface area contributed by atoms with Crippen LogP contribution in [-0.4, -0.2) is 35.4 Å². The minimum absolute atomic E-state index is 0. The SMILES string of the molecule is CCCCOCCCC.O=C(O)c1ccccc1C(=O)O.[H-].[Na+]. The molecule has 120 valence electrons. The second-order valence-electron chi connectivity index (χ2n) is 4.48. The molecule has 0 unspecified atom stereocenters. The third-order valence-corrected chi connectivity index (χ3v) is 2.67. The molecule has 0 bridgehead atoms. The third-order valence-electron chi connectivity index (χ3n) is 2.67. The summed E-state index contributed by atoms with van der Waals surface area (Å²) in [6, 6.07) is 5.48. The molecule has 0 aliphatic carbocycles. The quantitative estimate of drug-likeness (QED) is 0.547. The van der Waals surface area contributed by atoms with Gasteiger partial charge in [0.05, 0.1) is 11.1 Å². The molecule has 0 fully saturated rings. The monoisotopic (exact) mass is 320 g/mol. The Balaban J connectivity index is -0.000000332. The molecule has 22 heavy (non-hydrogen) atoms. The first-order valence-corrected chi connectivity index (χ1v) is 7.17. The van der Waals surface area contributed by atoms with E-state index in [1.807, 2.05) is 0 Å². The number of carboxylic acids is 2. The van der Waals surface area contributed by atoms with Crippen molar-refractivity contribution in [3.63, 3.8) is 0 Å². The molecule has 0 heterocycles. The van der Waals surface area contributed by atoms with Gasteiger partial charge < -0.3 is 16.4 Å². The van der Waals surface area contributed by atoms with Crippen LogP contribution in [0.3, 0.4) is 0 Å². The molecule has 0 aromatic heterocycles. The number of benzene rings is 1. The van der Waals surface area contributed by atoms with E-state index in [0.29, 0.717) is 0 Å². The number of hydrogen-bond acceptors (Lipinski definition) is 3. The predicted molar refractivity (Wildman–Crippen MR) is 82.1 cm³/mol. The molecule has 0 saturated carbocycles. The molecule has 1 rings (SSSR count). The molecule has 0 aliphatic rings. The predicted octanol–water partition coefficient (Wildman–Crippen LogP) is 0.803. The Morgan fingerprint density at radius 1 is 0.955 bits per heavy atom. The second kappa shape index (κ2) is 15.0. The van der Waals surface area contributed by atoms with Crippen molar-refractivity contribution in [1.82, 2.24) is 0 Å². The number of hydrogen-bond donors (Lipinski definition) is 2. The molecule has 0 saturated heterocycles. The molecule has 0 aliphatic heterocycles. The van der Waals surface area contributed by atoms with Crippen LogP contribution < -0.4 is 29.6 Å². The zero-order chi connectivity index (χ0) is 16.1. The van der Waals surface area contributed by atoms with Gasteiger partial charge in [0.25, 0.3) is 0 Å². The Labute approximate surface area is 155 Å². The van der Waals surface area contributed by atoms with E-state index in [4.69, 9.17) is 14.9 Å². The van der Waals surface area contributed by atoms with Crippen molar-refractivity contribution in [2.45, 2.75) is 39.5 Å². The summed E-state index contributed by atoms with van der Waals surface area (Å²) in [6.07, 6.45) is 4.91. The summed E-state index contributed by atoms with van der Waals surface area (Å²) in [5.41, 5.74) is -0.380. The van der Waals surface area contributed by atoms with Gasteiger partial charge >= 0.3 is 41.5 Å². The Hall–Kier alpha value is -0.880. The first-order valence-electron chi connectivity index (χ1n) is 7.17. The largest absolute Gasteiger partial charge is 1.00 e. The van der Waals surface area contributed by atoms with Crippen LogP contribution in [0.5, 0.6) is 0 Å². The molecule has 6 heteroatoms. The summed E-state index contributed by atoms with van der Waals surface area (Å²) in [7, 11) is 0. The summed E-state index contributed by atoms with van der Waals surface area (Å²) in [4.78, 5) is 20.9. The van der Waals surface area contributed by atoms with E-state index in [1.54, 1.807) is 0 Å². The summed E-state index contributed by atoms with van der Waals surface area (Å²) in [6.45, 7) is 6.28. The number of aromatic carboxylic acids is 2. The van der Waals surface area contributed by atoms with E-state index in [0.717, 1.165) is 13.2 Å². The molecule has 1 aromatic carbocycles. The van der Waals surface area contributed by atoms with Gasteiger partial charge in [-0.1, -0.05) is 38.8 Å². The Bertz CT molecular complexity index is 401. The number of rotatable bonds is 8. The van der Waals surface area contributed by atoms with Crippen LogP contribution in [0.4, 0.5) is 0 Å². The zero-order valence-electron chi connectivity index (χ0n) is 14.7. The summed E-state index contributed by atoms with van der Waals surface area (Å²) < 4.78 is 5.31. The minimum Gasteiger partial charge on any atom is -1.00 e. The van der Waals surface area contributed by atoms with Gasteiger partial charge in [0.1, 0.15) is 0 Å². The van der Waals surface area contributed by atoms with E-state index in [1.165, 1.54) is 49.9 Å². The maximum atomic E-state index is 10.5. The summed E-state index contributed by atoms with van der Waals surface area (Å²) in [5.74, 6) is -2.46.